The SMILES string of the molecule is C=CC(=O)N1CCC[C@@H]1C(=O)N1CCN(Cc2cc3c(N4CCOCC4)nc(-c4cnc(NC(=O)OC)cc4C(F)(F)F)nn3c2)CC1. The summed E-state index contributed by atoms with van der Waals surface area (Å²) in [6, 6.07) is 2.19. The summed E-state index contributed by atoms with van der Waals surface area (Å²) in [5.74, 6) is -0.324. The first-order valence-electron chi connectivity index (χ1n) is 15.6. The fraction of sp³-hybridized carbons (Fsp3) is 0.484. The van der Waals surface area contributed by atoms with Crippen LogP contribution in [0.2, 0.25) is 0 Å². The molecule has 0 unspecified atom stereocenters. The number of nitrogens with zero attached hydrogens (tertiary/aromatic N) is 8. The van der Waals surface area contributed by atoms with Crippen LogP contribution in [-0.4, -0.2) is 124 Å². The maximum Gasteiger partial charge on any atom is 0.417 e. The van der Waals surface area contributed by atoms with Crippen molar-refractivity contribution < 1.29 is 37.0 Å². The number of aromatic nitrogens is 4. The molecule has 0 aliphatic carbocycles. The molecular weight excluding hydrogens is 635 g/mol. The Morgan fingerprint density at radius 1 is 1.10 bits per heavy atom. The van der Waals surface area contributed by atoms with E-state index in [0.29, 0.717) is 83.3 Å². The van der Waals surface area contributed by atoms with Crippen LogP contribution in [0.5, 0.6) is 0 Å². The maximum absolute atomic E-state index is 14.3. The number of hydrogen-bond acceptors (Lipinski definition) is 10. The predicted molar refractivity (Wildman–Crippen MR) is 167 cm³/mol. The number of carbonyl (C=O) groups excluding carboxylic acids is 3. The van der Waals surface area contributed by atoms with Crippen molar-refractivity contribution in [2.45, 2.75) is 31.6 Å². The molecule has 0 radical (unpaired) electrons. The highest BCUT2D eigenvalue weighted by Crippen LogP contribution is 2.38. The van der Waals surface area contributed by atoms with Crippen LogP contribution in [0.15, 0.2) is 37.2 Å². The zero-order valence-electron chi connectivity index (χ0n) is 26.4. The molecule has 17 heteroatoms. The molecule has 3 aliphatic rings. The Morgan fingerprint density at radius 2 is 1.85 bits per heavy atom. The van der Waals surface area contributed by atoms with Crippen molar-refractivity contribution in [1.29, 1.82) is 0 Å². The molecule has 1 atom stereocenters. The number of carbonyl (C=O) groups is 3. The quantitative estimate of drug-likeness (QED) is 0.374. The van der Waals surface area contributed by atoms with Gasteiger partial charge >= 0.3 is 12.3 Å². The Hall–Kier alpha value is -4.77. The highest BCUT2D eigenvalue weighted by Gasteiger charge is 2.38. The second kappa shape index (κ2) is 13.8. The first kappa shape index (κ1) is 33.1. The second-order valence-electron chi connectivity index (χ2n) is 11.8. The molecule has 6 rings (SSSR count). The molecule has 3 amide bonds. The Morgan fingerprint density at radius 3 is 2.54 bits per heavy atom. The van der Waals surface area contributed by atoms with Crippen molar-refractivity contribution in [3.63, 3.8) is 0 Å². The average molecular weight is 672 g/mol. The number of likely N-dealkylation sites (tertiary alicyclic amines) is 1. The van der Waals surface area contributed by atoms with Crippen LogP contribution >= 0.6 is 0 Å². The van der Waals surface area contributed by atoms with Crippen molar-refractivity contribution in [2.24, 2.45) is 0 Å². The van der Waals surface area contributed by atoms with Gasteiger partial charge in [0.2, 0.25) is 11.8 Å². The van der Waals surface area contributed by atoms with E-state index in [1.54, 1.807) is 16.0 Å². The lowest BCUT2D eigenvalue weighted by Gasteiger charge is -2.37. The summed E-state index contributed by atoms with van der Waals surface area (Å²) in [7, 11) is 1.09. The summed E-state index contributed by atoms with van der Waals surface area (Å²) >= 11 is 0. The average Bonchev–Trinajstić information content (AvgIpc) is 3.75. The molecule has 6 heterocycles. The van der Waals surface area contributed by atoms with Crippen LogP contribution in [0, 0.1) is 0 Å². The van der Waals surface area contributed by atoms with Crippen LogP contribution < -0.4 is 10.2 Å². The van der Waals surface area contributed by atoms with E-state index in [4.69, 9.17) is 4.74 Å². The Kier molecular flexibility index (Phi) is 9.50. The zero-order valence-corrected chi connectivity index (χ0v) is 26.4. The van der Waals surface area contributed by atoms with Crippen LogP contribution in [0.25, 0.3) is 16.9 Å². The normalized spacial score (nSPS) is 19.1. The van der Waals surface area contributed by atoms with Gasteiger partial charge in [0, 0.05) is 64.8 Å². The minimum absolute atomic E-state index is 0.0447. The van der Waals surface area contributed by atoms with Crippen molar-refractivity contribution >= 4 is 35.1 Å². The van der Waals surface area contributed by atoms with E-state index in [0.717, 1.165) is 31.4 Å². The van der Waals surface area contributed by atoms with Crippen LogP contribution in [0.4, 0.5) is 29.6 Å². The minimum atomic E-state index is -4.80. The summed E-state index contributed by atoms with van der Waals surface area (Å²) < 4.78 is 54.4. The molecule has 3 aromatic rings. The summed E-state index contributed by atoms with van der Waals surface area (Å²) in [4.78, 5) is 53.3. The third kappa shape index (κ3) is 6.92. The highest BCUT2D eigenvalue weighted by atomic mass is 19.4. The number of anilines is 2. The monoisotopic (exact) mass is 671 g/mol. The molecule has 3 saturated heterocycles. The van der Waals surface area contributed by atoms with E-state index in [9.17, 15) is 27.6 Å². The molecule has 48 heavy (non-hydrogen) atoms. The third-order valence-electron chi connectivity index (χ3n) is 8.76. The fourth-order valence-corrected chi connectivity index (χ4v) is 6.34. The number of morpholine rings is 1. The molecule has 3 aliphatic heterocycles. The zero-order chi connectivity index (χ0) is 34.0. The van der Waals surface area contributed by atoms with Gasteiger partial charge in [-0.25, -0.2) is 19.3 Å². The van der Waals surface area contributed by atoms with Gasteiger partial charge in [-0.1, -0.05) is 6.58 Å². The third-order valence-corrected chi connectivity index (χ3v) is 8.76. The van der Waals surface area contributed by atoms with Gasteiger partial charge < -0.3 is 24.2 Å². The number of amides is 3. The summed E-state index contributed by atoms with van der Waals surface area (Å²) in [6.07, 6.45) is -0.333. The van der Waals surface area contributed by atoms with E-state index in [2.05, 4.69) is 36.6 Å². The smallest absolute Gasteiger partial charge is 0.417 e. The van der Waals surface area contributed by atoms with E-state index in [-0.39, 0.29) is 29.0 Å². The second-order valence-corrected chi connectivity index (χ2v) is 11.8. The van der Waals surface area contributed by atoms with Gasteiger partial charge in [-0.3, -0.25) is 19.8 Å². The molecule has 256 valence electrons. The predicted octanol–water partition coefficient (Wildman–Crippen LogP) is 2.65. The number of pyridine rings is 1. The van der Waals surface area contributed by atoms with E-state index < -0.39 is 23.9 Å². The fourth-order valence-electron chi connectivity index (χ4n) is 6.34. The Balaban J connectivity index is 1.25. The van der Waals surface area contributed by atoms with E-state index >= 15 is 0 Å². The topological polar surface area (TPSA) is 138 Å². The number of ether oxygens (including phenoxy) is 2. The van der Waals surface area contributed by atoms with Gasteiger partial charge in [0.25, 0.3) is 0 Å². The lowest BCUT2D eigenvalue weighted by Crippen LogP contribution is -2.54. The summed E-state index contributed by atoms with van der Waals surface area (Å²) in [5.41, 5.74) is 0.0933. The molecule has 3 fully saturated rings. The lowest BCUT2D eigenvalue weighted by atomic mass is 10.1. The maximum atomic E-state index is 14.3. The van der Waals surface area contributed by atoms with Crippen molar-refractivity contribution in [3.05, 3.63) is 48.3 Å². The van der Waals surface area contributed by atoms with Crippen molar-refractivity contribution in [2.75, 3.05) is 76.4 Å². The largest absolute Gasteiger partial charge is 0.453 e. The van der Waals surface area contributed by atoms with Gasteiger partial charge in [-0.2, -0.15) is 13.2 Å². The minimum Gasteiger partial charge on any atom is -0.453 e. The number of methoxy groups -OCH3 is 1. The number of halogens is 3. The molecule has 1 N–H and O–H groups in total. The number of piperazine rings is 1. The first-order chi connectivity index (χ1) is 23.0. The molecular formula is C31H36F3N9O5. The number of rotatable bonds is 7. The standard InChI is InChI=1S/C31H36F3N9O5/c1-3-26(44)42-6-4-5-23(42)29(45)41-9-7-39(8-10-41)18-20-15-24-28(40-11-13-48-14-12-40)37-27(38-43(24)19-20)21-17-35-25(36-30(46)47-2)16-22(21)31(32,33)34/h3,15-17,19,23H,1,4-14,18H2,2H3,(H,35,36,46)/t23-/m1/s1. The summed E-state index contributed by atoms with van der Waals surface area (Å²) in [6.45, 7) is 8.72. The van der Waals surface area contributed by atoms with E-state index in [1.165, 1.54) is 10.6 Å². The molecule has 0 spiro atoms. The lowest BCUT2D eigenvalue weighted by molar-refractivity contribution is -0.143. The first-order valence-corrected chi connectivity index (χ1v) is 15.6. The van der Waals surface area contributed by atoms with Crippen molar-refractivity contribution in [1.82, 2.24) is 34.3 Å². The number of nitrogens with one attached hydrogen (secondary N) is 1. The van der Waals surface area contributed by atoms with Gasteiger partial charge in [-0.05, 0) is 36.6 Å². The Bertz CT molecular complexity index is 1700. The summed E-state index contributed by atoms with van der Waals surface area (Å²) in [5, 5.41) is 6.65. The van der Waals surface area contributed by atoms with Crippen LogP contribution in [-0.2, 0) is 31.8 Å². The van der Waals surface area contributed by atoms with Gasteiger partial charge in [-0.15, -0.1) is 5.10 Å². The van der Waals surface area contributed by atoms with Gasteiger partial charge in [0.05, 0.1) is 31.5 Å². The molecule has 0 aromatic carbocycles. The van der Waals surface area contributed by atoms with Crippen molar-refractivity contribution in [3.8, 4) is 11.4 Å². The molecule has 14 nitrogen and oxygen atoms in total. The molecule has 0 saturated carbocycles. The highest BCUT2D eigenvalue weighted by molar-refractivity contribution is 5.93. The van der Waals surface area contributed by atoms with E-state index in [1.807, 2.05) is 11.0 Å². The van der Waals surface area contributed by atoms with Crippen LogP contribution in [0.3, 0.4) is 0 Å². The Labute approximate surface area is 274 Å². The number of alkyl halides is 3. The van der Waals surface area contributed by atoms with Crippen LogP contribution in [0.1, 0.15) is 24.0 Å². The van der Waals surface area contributed by atoms with Gasteiger partial charge in [0.1, 0.15) is 17.4 Å². The molecule has 0 bridgehead atoms. The van der Waals surface area contributed by atoms with Gasteiger partial charge in [0.15, 0.2) is 11.6 Å². The number of hydrogen-bond donors (Lipinski definition) is 1. The number of fused-ring (bicyclic) bond motifs is 1. The molecule has 3 aromatic heterocycles.